The van der Waals surface area contributed by atoms with Gasteiger partial charge in [-0.3, -0.25) is 9.59 Å². The van der Waals surface area contributed by atoms with Crippen molar-refractivity contribution in [2.45, 2.75) is 26.3 Å². The Morgan fingerprint density at radius 2 is 1.86 bits per heavy atom. The van der Waals surface area contributed by atoms with Gasteiger partial charge in [0.05, 0.1) is 0 Å². The number of amides is 2. The second-order valence-corrected chi connectivity index (χ2v) is 6.78. The number of para-hydroxylation sites is 1. The Hall–Kier alpha value is -3.15. The molecular formula is C22H24FN3O2. The van der Waals surface area contributed by atoms with Crippen LogP contribution in [0.25, 0.3) is 10.9 Å². The Labute approximate surface area is 163 Å². The molecule has 0 saturated heterocycles. The van der Waals surface area contributed by atoms with Gasteiger partial charge < -0.3 is 15.2 Å². The molecule has 0 aliphatic rings. The number of halogens is 1. The van der Waals surface area contributed by atoms with Crippen molar-refractivity contribution in [3.8, 4) is 0 Å². The van der Waals surface area contributed by atoms with Crippen molar-refractivity contribution in [1.29, 1.82) is 0 Å². The molecule has 5 nitrogen and oxygen atoms in total. The Balaban J connectivity index is 1.45. The van der Waals surface area contributed by atoms with E-state index in [9.17, 15) is 14.0 Å². The van der Waals surface area contributed by atoms with E-state index in [0.717, 1.165) is 23.1 Å². The highest BCUT2D eigenvalue weighted by Gasteiger charge is 2.12. The number of benzene rings is 2. The van der Waals surface area contributed by atoms with Crippen LogP contribution in [0.3, 0.4) is 0 Å². The fourth-order valence-electron chi connectivity index (χ4n) is 3.16. The number of rotatable bonds is 8. The van der Waals surface area contributed by atoms with E-state index >= 15 is 0 Å². The zero-order valence-corrected chi connectivity index (χ0v) is 15.9. The molecular weight excluding hydrogens is 357 g/mol. The molecule has 6 heteroatoms. The van der Waals surface area contributed by atoms with Gasteiger partial charge in [-0.05, 0) is 35.7 Å². The molecule has 0 fully saturated rings. The Kier molecular flexibility index (Phi) is 6.42. The van der Waals surface area contributed by atoms with E-state index in [2.05, 4.69) is 16.4 Å². The third-order valence-corrected chi connectivity index (χ3v) is 4.73. The second kappa shape index (κ2) is 9.17. The van der Waals surface area contributed by atoms with Crippen LogP contribution in [-0.2, 0) is 22.6 Å². The second-order valence-electron chi connectivity index (χ2n) is 6.78. The molecule has 1 heterocycles. The zero-order chi connectivity index (χ0) is 19.9. The highest BCUT2D eigenvalue weighted by molar-refractivity contribution is 5.83. The number of aromatic amines is 1. The molecule has 146 valence electrons. The molecule has 0 aliphatic heterocycles. The topological polar surface area (TPSA) is 65.2 Å². The van der Waals surface area contributed by atoms with Crippen LogP contribution in [0.15, 0.2) is 54.7 Å². The summed E-state index contributed by atoms with van der Waals surface area (Å²) in [5.74, 6) is -0.520. The van der Waals surface area contributed by atoms with Crippen molar-refractivity contribution in [1.82, 2.24) is 15.2 Å². The zero-order valence-electron chi connectivity index (χ0n) is 15.9. The van der Waals surface area contributed by atoms with E-state index in [0.29, 0.717) is 19.6 Å². The average Bonchev–Trinajstić information content (AvgIpc) is 3.09. The van der Waals surface area contributed by atoms with Crippen LogP contribution in [-0.4, -0.2) is 34.8 Å². The number of hydrogen-bond donors (Lipinski definition) is 2. The third-order valence-electron chi connectivity index (χ3n) is 4.73. The van der Waals surface area contributed by atoms with Crippen LogP contribution in [0.5, 0.6) is 0 Å². The molecule has 2 amide bonds. The van der Waals surface area contributed by atoms with Gasteiger partial charge in [0.2, 0.25) is 11.8 Å². The minimum atomic E-state index is -0.312. The Morgan fingerprint density at radius 1 is 1.11 bits per heavy atom. The summed E-state index contributed by atoms with van der Waals surface area (Å²) in [7, 11) is 0. The molecule has 3 aromatic rings. The predicted octanol–water partition coefficient (Wildman–Crippen LogP) is 3.40. The van der Waals surface area contributed by atoms with Crippen molar-refractivity contribution >= 4 is 22.7 Å². The average molecular weight is 381 g/mol. The lowest BCUT2D eigenvalue weighted by molar-refractivity contribution is -0.130. The van der Waals surface area contributed by atoms with E-state index in [-0.39, 0.29) is 24.1 Å². The minimum Gasteiger partial charge on any atom is -0.361 e. The first-order valence-corrected chi connectivity index (χ1v) is 9.34. The number of nitrogens with zero attached hydrogens (tertiary/aromatic N) is 1. The van der Waals surface area contributed by atoms with Gasteiger partial charge in [-0.25, -0.2) is 4.39 Å². The Bertz CT molecular complexity index is 950. The summed E-state index contributed by atoms with van der Waals surface area (Å²) < 4.78 is 13.0. The van der Waals surface area contributed by atoms with Gasteiger partial charge >= 0.3 is 0 Å². The number of H-pyrrole nitrogens is 1. The van der Waals surface area contributed by atoms with Crippen molar-refractivity contribution < 1.29 is 14.0 Å². The molecule has 2 aromatic carbocycles. The highest BCUT2D eigenvalue weighted by atomic mass is 19.1. The van der Waals surface area contributed by atoms with E-state index in [4.69, 9.17) is 0 Å². The molecule has 28 heavy (non-hydrogen) atoms. The maximum absolute atomic E-state index is 13.0. The molecule has 0 bridgehead atoms. The molecule has 1 aromatic heterocycles. The van der Waals surface area contributed by atoms with E-state index in [1.54, 1.807) is 17.0 Å². The maximum atomic E-state index is 13.0. The van der Waals surface area contributed by atoms with Gasteiger partial charge in [0.25, 0.3) is 0 Å². The van der Waals surface area contributed by atoms with Gasteiger partial charge in [0.1, 0.15) is 5.82 Å². The number of aromatic nitrogens is 1. The van der Waals surface area contributed by atoms with Crippen LogP contribution in [0.2, 0.25) is 0 Å². The number of carbonyl (C=O) groups is 2. The standard InChI is InChI=1S/C22H24FN3O2/c1-16(27)26(15-17-6-8-19(23)9-7-17)13-11-22(28)24-12-10-18-14-25-21-5-3-2-4-20(18)21/h2-9,14,25H,10-13,15H2,1H3,(H,24,28). The molecule has 0 radical (unpaired) electrons. The highest BCUT2D eigenvalue weighted by Crippen LogP contribution is 2.17. The summed E-state index contributed by atoms with van der Waals surface area (Å²) in [6.07, 6.45) is 2.94. The lowest BCUT2D eigenvalue weighted by Crippen LogP contribution is -2.34. The van der Waals surface area contributed by atoms with E-state index < -0.39 is 0 Å². The number of nitrogens with one attached hydrogen (secondary N) is 2. The summed E-state index contributed by atoms with van der Waals surface area (Å²) in [4.78, 5) is 28.8. The molecule has 2 N–H and O–H groups in total. The predicted molar refractivity (Wildman–Crippen MR) is 107 cm³/mol. The van der Waals surface area contributed by atoms with Crippen LogP contribution < -0.4 is 5.32 Å². The fourth-order valence-corrected chi connectivity index (χ4v) is 3.16. The molecule has 0 unspecified atom stereocenters. The monoisotopic (exact) mass is 381 g/mol. The maximum Gasteiger partial charge on any atom is 0.221 e. The van der Waals surface area contributed by atoms with E-state index in [1.807, 2.05) is 24.4 Å². The largest absolute Gasteiger partial charge is 0.361 e. The number of hydrogen-bond acceptors (Lipinski definition) is 2. The van der Waals surface area contributed by atoms with E-state index in [1.165, 1.54) is 24.4 Å². The van der Waals surface area contributed by atoms with Crippen molar-refractivity contribution in [3.05, 3.63) is 71.7 Å². The Morgan fingerprint density at radius 3 is 2.61 bits per heavy atom. The lowest BCUT2D eigenvalue weighted by Gasteiger charge is -2.21. The quantitative estimate of drug-likeness (QED) is 0.628. The summed E-state index contributed by atoms with van der Waals surface area (Å²) in [6.45, 7) is 2.70. The lowest BCUT2D eigenvalue weighted by atomic mass is 10.1. The van der Waals surface area contributed by atoms with Crippen LogP contribution in [0.4, 0.5) is 4.39 Å². The first-order valence-electron chi connectivity index (χ1n) is 9.34. The van der Waals surface area contributed by atoms with Gasteiger partial charge in [0.15, 0.2) is 0 Å². The van der Waals surface area contributed by atoms with Gasteiger partial charge in [-0.15, -0.1) is 0 Å². The normalized spacial score (nSPS) is 10.8. The summed E-state index contributed by atoms with van der Waals surface area (Å²) in [6, 6.07) is 14.1. The first kappa shape index (κ1) is 19.6. The minimum absolute atomic E-state index is 0.0924. The molecule has 0 aliphatic carbocycles. The summed E-state index contributed by atoms with van der Waals surface area (Å²) in [5, 5.41) is 4.08. The molecule has 0 saturated carbocycles. The van der Waals surface area contributed by atoms with Crippen molar-refractivity contribution in [2.75, 3.05) is 13.1 Å². The summed E-state index contributed by atoms with van der Waals surface area (Å²) in [5.41, 5.74) is 3.08. The SMILES string of the molecule is CC(=O)N(CCC(=O)NCCc1c[nH]c2ccccc12)Cc1ccc(F)cc1. The van der Waals surface area contributed by atoms with Crippen LogP contribution >= 0.6 is 0 Å². The van der Waals surface area contributed by atoms with Gasteiger partial charge in [-0.2, -0.15) is 0 Å². The van der Waals surface area contributed by atoms with Crippen LogP contribution in [0, 0.1) is 5.82 Å². The molecule has 0 spiro atoms. The fraction of sp³-hybridized carbons (Fsp3) is 0.273. The van der Waals surface area contributed by atoms with Crippen molar-refractivity contribution in [2.24, 2.45) is 0 Å². The third kappa shape index (κ3) is 5.19. The first-order chi connectivity index (χ1) is 13.5. The van der Waals surface area contributed by atoms with Gasteiger partial charge in [-0.1, -0.05) is 30.3 Å². The van der Waals surface area contributed by atoms with Crippen LogP contribution in [0.1, 0.15) is 24.5 Å². The van der Waals surface area contributed by atoms with Gasteiger partial charge in [0, 0.05) is 50.1 Å². The smallest absolute Gasteiger partial charge is 0.221 e. The summed E-state index contributed by atoms with van der Waals surface area (Å²) >= 11 is 0. The molecule has 3 rings (SSSR count). The number of carbonyl (C=O) groups excluding carboxylic acids is 2. The van der Waals surface area contributed by atoms with Crippen molar-refractivity contribution in [3.63, 3.8) is 0 Å². The molecule has 0 atom stereocenters. The number of fused-ring (bicyclic) bond motifs is 1.